The highest BCUT2D eigenvalue weighted by atomic mass is 16.5. The van der Waals surface area contributed by atoms with Crippen LogP contribution in [-0.4, -0.2) is 16.6 Å². The van der Waals surface area contributed by atoms with Crippen molar-refractivity contribution in [2.75, 3.05) is 11.9 Å². The molecule has 0 fully saturated rings. The monoisotopic (exact) mass is 282 g/mol. The molecular formula is C16H18N4O. The number of nitrogens with zero attached hydrogens (tertiary/aromatic N) is 3. The molecule has 0 saturated heterocycles. The molecule has 0 aliphatic heterocycles. The van der Waals surface area contributed by atoms with E-state index in [1.807, 2.05) is 25.1 Å². The summed E-state index contributed by atoms with van der Waals surface area (Å²) in [5.41, 5.74) is 2.58. The average Bonchev–Trinajstić information content (AvgIpc) is 2.51. The number of benzene rings is 1. The number of hydrogen-bond acceptors (Lipinski definition) is 5. The number of nitriles is 1. The quantitative estimate of drug-likeness (QED) is 0.881. The van der Waals surface area contributed by atoms with Gasteiger partial charge in [-0.1, -0.05) is 19.1 Å². The Kier molecular flexibility index (Phi) is 5.10. The second kappa shape index (κ2) is 7.25. The standard InChI is InChI=1S/C16H18N4O/c1-3-8-21-15-9-12(2)19-16(20-15)18-11-14-6-4-13(10-17)5-7-14/h4-7,9H,3,8,11H2,1-2H3,(H,18,19,20). The number of ether oxygens (including phenoxy) is 1. The Labute approximate surface area is 124 Å². The third kappa shape index (κ3) is 4.46. The van der Waals surface area contributed by atoms with Crippen molar-refractivity contribution in [2.45, 2.75) is 26.8 Å². The zero-order valence-corrected chi connectivity index (χ0v) is 12.3. The van der Waals surface area contributed by atoms with Gasteiger partial charge in [0.2, 0.25) is 11.8 Å². The van der Waals surface area contributed by atoms with Gasteiger partial charge in [0, 0.05) is 18.3 Å². The minimum Gasteiger partial charge on any atom is -0.478 e. The van der Waals surface area contributed by atoms with Crippen LogP contribution in [0.15, 0.2) is 30.3 Å². The van der Waals surface area contributed by atoms with Crippen molar-refractivity contribution >= 4 is 5.95 Å². The highest BCUT2D eigenvalue weighted by Gasteiger charge is 2.03. The molecule has 1 heterocycles. The van der Waals surface area contributed by atoms with E-state index in [4.69, 9.17) is 10.00 Å². The van der Waals surface area contributed by atoms with Crippen LogP contribution >= 0.6 is 0 Å². The Morgan fingerprint density at radius 3 is 2.67 bits per heavy atom. The second-order valence-electron chi connectivity index (χ2n) is 4.68. The summed E-state index contributed by atoms with van der Waals surface area (Å²) in [6.07, 6.45) is 0.942. The maximum atomic E-state index is 8.77. The molecule has 0 amide bonds. The van der Waals surface area contributed by atoms with Crippen LogP contribution in [0.2, 0.25) is 0 Å². The predicted octanol–water partition coefficient (Wildman–Crippen LogP) is 3.06. The summed E-state index contributed by atoms with van der Waals surface area (Å²) in [6, 6.07) is 11.3. The van der Waals surface area contributed by atoms with Gasteiger partial charge in [-0.25, -0.2) is 4.98 Å². The third-order valence-corrected chi connectivity index (χ3v) is 2.82. The highest BCUT2D eigenvalue weighted by Crippen LogP contribution is 2.13. The lowest BCUT2D eigenvalue weighted by Gasteiger charge is -2.09. The lowest BCUT2D eigenvalue weighted by molar-refractivity contribution is 0.305. The van der Waals surface area contributed by atoms with Crippen molar-refractivity contribution in [3.05, 3.63) is 47.2 Å². The lowest BCUT2D eigenvalue weighted by Crippen LogP contribution is -2.06. The molecule has 1 aromatic carbocycles. The van der Waals surface area contributed by atoms with E-state index < -0.39 is 0 Å². The van der Waals surface area contributed by atoms with Gasteiger partial charge < -0.3 is 10.1 Å². The van der Waals surface area contributed by atoms with Gasteiger partial charge in [0.15, 0.2) is 0 Å². The van der Waals surface area contributed by atoms with Crippen molar-refractivity contribution in [1.82, 2.24) is 9.97 Å². The number of hydrogen-bond donors (Lipinski definition) is 1. The first-order valence-corrected chi connectivity index (χ1v) is 6.92. The summed E-state index contributed by atoms with van der Waals surface area (Å²) in [5.74, 6) is 1.14. The lowest BCUT2D eigenvalue weighted by atomic mass is 10.1. The number of anilines is 1. The normalized spacial score (nSPS) is 9.95. The van der Waals surface area contributed by atoms with E-state index in [1.165, 1.54) is 0 Å². The molecule has 0 spiro atoms. The van der Waals surface area contributed by atoms with Crippen LogP contribution in [0.4, 0.5) is 5.95 Å². The van der Waals surface area contributed by atoms with Crippen molar-refractivity contribution < 1.29 is 4.74 Å². The van der Waals surface area contributed by atoms with E-state index in [0.717, 1.165) is 17.7 Å². The topological polar surface area (TPSA) is 70.8 Å². The first kappa shape index (κ1) is 14.8. The van der Waals surface area contributed by atoms with Crippen LogP contribution in [0.25, 0.3) is 0 Å². The molecule has 2 rings (SSSR count). The number of aromatic nitrogens is 2. The minimum absolute atomic E-state index is 0.547. The van der Waals surface area contributed by atoms with Crippen LogP contribution in [0.1, 0.15) is 30.2 Å². The fourth-order valence-corrected chi connectivity index (χ4v) is 1.78. The Morgan fingerprint density at radius 1 is 1.24 bits per heavy atom. The molecule has 1 aromatic heterocycles. The summed E-state index contributed by atoms with van der Waals surface area (Å²) >= 11 is 0. The molecule has 0 atom stereocenters. The van der Waals surface area contributed by atoms with E-state index in [1.54, 1.807) is 12.1 Å². The van der Waals surface area contributed by atoms with Gasteiger partial charge in [-0.3, -0.25) is 0 Å². The summed E-state index contributed by atoms with van der Waals surface area (Å²) in [6.45, 7) is 5.21. The van der Waals surface area contributed by atoms with Crippen molar-refractivity contribution in [1.29, 1.82) is 5.26 Å². The SMILES string of the molecule is CCCOc1cc(C)nc(NCc2ccc(C#N)cc2)n1. The van der Waals surface area contributed by atoms with Gasteiger partial charge in [-0.15, -0.1) is 0 Å². The van der Waals surface area contributed by atoms with E-state index in [9.17, 15) is 0 Å². The van der Waals surface area contributed by atoms with Crippen LogP contribution in [0.3, 0.4) is 0 Å². The molecule has 0 unspecified atom stereocenters. The van der Waals surface area contributed by atoms with Crippen molar-refractivity contribution in [3.63, 3.8) is 0 Å². The molecular weight excluding hydrogens is 264 g/mol. The van der Waals surface area contributed by atoms with Crippen molar-refractivity contribution in [2.24, 2.45) is 0 Å². The van der Waals surface area contributed by atoms with Crippen LogP contribution in [0, 0.1) is 18.3 Å². The van der Waals surface area contributed by atoms with Crippen LogP contribution in [-0.2, 0) is 6.54 Å². The Hall–Kier alpha value is -2.61. The number of aryl methyl sites for hydroxylation is 1. The maximum Gasteiger partial charge on any atom is 0.226 e. The molecule has 21 heavy (non-hydrogen) atoms. The molecule has 0 radical (unpaired) electrons. The van der Waals surface area contributed by atoms with Gasteiger partial charge in [0.25, 0.3) is 0 Å². The van der Waals surface area contributed by atoms with E-state index in [-0.39, 0.29) is 0 Å². The Balaban J connectivity index is 2.01. The molecule has 0 bridgehead atoms. The Morgan fingerprint density at radius 2 is 2.00 bits per heavy atom. The van der Waals surface area contributed by atoms with Gasteiger partial charge in [-0.05, 0) is 31.0 Å². The van der Waals surface area contributed by atoms with Gasteiger partial charge in [0.05, 0.1) is 18.2 Å². The molecule has 5 nitrogen and oxygen atoms in total. The Bertz CT molecular complexity index is 632. The fourth-order valence-electron chi connectivity index (χ4n) is 1.78. The maximum absolute atomic E-state index is 8.77. The summed E-state index contributed by atoms with van der Waals surface area (Å²) in [7, 11) is 0. The first-order chi connectivity index (χ1) is 10.2. The molecule has 2 aromatic rings. The average molecular weight is 282 g/mol. The smallest absolute Gasteiger partial charge is 0.226 e. The van der Waals surface area contributed by atoms with Gasteiger partial charge in [0.1, 0.15) is 0 Å². The summed E-state index contributed by atoms with van der Waals surface area (Å²) in [5, 5.41) is 11.9. The van der Waals surface area contributed by atoms with Crippen LogP contribution in [0.5, 0.6) is 5.88 Å². The molecule has 0 aliphatic rings. The molecule has 0 saturated carbocycles. The predicted molar refractivity (Wildman–Crippen MR) is 81.0 cm³/mol. The summed E-state index contributed by atoms with van der Waals surface area (Å²) in [4.78, 5) is 8.66. The first-order valence-electron chi connectivity index (χ1n) is 6.92. The zero-order valence-electron chi connectivity index (χ0n) is 12.3. The third-order valence-electron chi connectivity index (χ3n) is 2.82. The number of nitrogens with one attached hydrogen (secondary N) is 1. The minimum atomic E-state index is 0.547. The molecule has 108 valence electrons. The van der Waals surface area contributed by atoms with Crippen molar-refractivity contribution in [3.8, 4) is 11.9 Å². The fraction of sp³-hybridized carbons (Fsp3) is 0.312. The van der Waals surface area contributed by atoms with E-state index in [2.05, 4.69) is 28.3 Å². The second-order valence-corrected chi connectivity index (χ2v) is 4.68. The molecule has 1 N–H and O–H groups in total. The number of rotatable bonds is 6. The van der Waals surface area contributed by atoms with E-state index in [0.29, 0.717) is 30.5 Å². The van der Waals surface area contributed by atoms with Gasteiger partial charge >= 0.3 is 0 Å². The molecule has 0 aliphatic carbocycles. The molecule has 5 heteroatoms. The van der Waals surface area contributed by atoms with Gasteiger partial charge in [-0.2, -0.15) is 10.2 Å². The highest BCUT2D eigenvalue weighted by molar-refractivity contribution is 5.35. The summed E-state index contributed by atoms with van der Waals surface area (Å²) < 4.78 is 5.53. The van der Waals surface area contributed by atoms with E-state index >= 15 is 0 Å². The largest absolute Gasteiger partial charge is 0.478 e. The van der Waals surface area contributed by atoms with Crippen LogP contribution < -0.4 is 10.1 Å². The zero-order chi connectivity index (χ0) is 15.1.